The lowest BCUT2D eigenvalue weighted by Gasteiger charge is -2.21. The molecule has 1 aromatic rings. The molecule has 0 fully saturated rings. The van der Waals surface area contributed by atoms with E-state index >= 15 is 0 Å². The van der Waals surface area contributed by atoms with E-state index < -0.39 is 24.9 Å². The molecule has 0 amide bonds. The SMILES string of the molecule is OC[C@@H](O)[C@@H](O)[C@H](O)Cc1ccc(O)cc1O. The zero-order valence-corrected chi connectivity index (χ0v) is 9.06. The predicted molar refractivity (Wildman–Crippen MR) is 58.6 cm³/mol. The summed E-state index contributed by atoms with van der Waals surface area (Å²) in [6.07, 6.45) is -4.38. The van der Waals surface area contributed by atoms with Crippen molar-refractivity contribution in [1.82, 2.24) is 0 Å². The van der Waals surface area contributed by atoms with Gasteiger partial charge in [-0.25, -0.2) is 0 Å². The molecule has 0 saturated carbocycles. The van der Waals surface area contributed by atoms with Crippen LogP contribution in [-0.2, 0) is 6.42 Å². The third-order valence-corrected chi connectivity index (χ3v) is 2.47. The summed E-state index contributed by atoms with van der Waals surface area (Å²) in [5, 5.41) is 55.2. The van der Waals surface area contributed by atoms with Crippen molar-refractivity contribution >= 4 is 0 Å². The Hall–Kier alpha value is -1.34. The lowest BCUT2D eigenvalue weighted by molar-refractivity contribution is -0.0756. The number of phenolic OH excluding ortho intramolecular Hbond substituents is 2. The first-order valence-corrected chi connectivity index (χ1v) is 5.11. The first-order chi connectivity index (χ1) is 7.95. The molecule has 6 N–H and O–H groups in total. The van der Waals surface area contributed by atoms with Crippen LogP contribution < -0.4 is 0 Å². The highest BCUT2D eigenvalue weighted by molar-refractivity contribution is 5.39. The first-order valence-electron chi connectivity index (χ1n) is 5.11. The minimum Gasteiger partial charge on any atom is -0.508 e. The van der Waals surface area contributed by atoms with Crippen molar-refractivity contribution in [3.63, 3.8) is 0 Å². The maximum absolute atomic E-state index is 9.57. The van der Waals surface area contributed by atoms with Gasteiger partial charge in [0, 0.05) is 12.5 Å². The molecule has 0 aromatic heterocycles. The summed E-state index contributed by atoms with van der Waals surface area (Å²) in [5.41, 5.74) is 0.319. The Labute approximate surface area is 98.0 Å². The van der Waals surface area contributed by atoms with E-state index in [0.29, 0.717) is 5.56 Å². The Kier molecular flexibility index (Phi) is 4.71. The van der Waals surface area contributed by atoms with Gasteiger partial charge in [-0.15, -0.1) is 0 Å². The van der Waals surface area contributed by atoms with Crippen molar-refractivity contribution in [3.8, 4) is 11.5 Å². The van der Waals surface area contributed by atoms with Gasteiger partial charge in [0.1, 0.15) is 23.7 Å². The largest absolute Gasteiger partial charge is 0.508 e. The van der Waals surface area contributed by atoms with Crippen LogP contribution in [-0.4, -0.2) is 55.6 Å². The molecule has 0 aliphatic carbocycles. The molecule has 0 radical (unpaired) electrons. The average Bonchev–Trinajstić information content (AvgIpc) is 2.30. The predicted octanol–water partition coefficient (Wildman–Crippen LogP) is -1.28. The summed E-state index contributed by atoms with van der Waals surface area (Å²) < 4.78 is 0. The van der Waals surface area contributed by atoms with Crippen molar-refractivity contribution in [3.05, 3.63) is 23.8 Å². The van der Waals surface area contributed by atoms with E-state index in [1.54, 1.807) is 0 Å². The smallest absolute Gasteiger partial charge is 0.122 e. The summed E-state index contributed by atoms with van der Waals surface area (Å²) in [7, 11) is 0. The molecule has 17 heavy (non-hydrogen) atoms. The van der Waals surface area contributed by atoms with Gasteiger partial charge in [0.15, 0.2) is 0 Å². The number of aromatic hydroxyl groups is 2. The van der Waals surface area contributed by atoms with Crippen LogP contribution in [0.5, 0.6) is 11.5 Å². The van der Waals surface area contributed by atoms with Gasteiger partial charge in [0.25, 0.3) is 0 Å². The Bertz CT molecular complexity index is 367. The lowest BCUT2D eigenvalue weighted by atomic mass is 10.00. The number of rotatable bonds is 5. The second-order valence-corrected chi connectivity index (χ2v) is 3.83. The molecule has 96 valence electrons. The molecular weight excluding hydrogens is 228 g/mol. The third-order valence-electron chi connectivity index (χ3n) is 2.47. The van der Waals surface area contributed by atoms with Crippen molar-refractivity contribution in [2.45, 2.75) is 24.7 Å². The van der Waals surface area contributed by atoms with E-state index in [9.17, 15) is 15.3 Å². The number of phenols is 2. The van der Waals surface area contributed by atoms with Gasteiger partial charge in [-0.05, 0) is 11.6 Å². The second-order valence-electron chi connectivity index (χ2n) is 3.83. The molecule has 1 aromatic carbocycles. The lowest BCUT2D eigenvalue weighted by Crippen LogP contribution is -2.40. The van der Waals surface area contributed by atoms with E-state index in [1.807, 2.05) is 0 Å². The second kappa shape index (κ2) is 5.83. The van der Waals surface area contributed by atoms with Gasteiger partial charge in [-0.3, -0.25) is 0 Å². The van der Waals surface area contributed by atoms with Gasteiger partial charge in [0.2, 0.25) is 0 Å². The molecular formula is C11H16O6. The fourth-order valence-corrected chi connectivity index (χ4v) is 1.44. The number of aliphatic hydroxyl groups excluding tert-OH is 4. The van der Waals surface area contributed by atoms with Gasteiger partial charge < -0.3 is 30.6 Å². The van der Waals surface area contributed by atoms with E-state index in [4.69, 9.17) is 15.3 Å². The van der Waals surface area contributed by atoms with Gasteiger partial charge in [-0.1, -0.05) is 6.07 Å². The zero-order valence-electron chi connectivity index (χ0n) is 9.06. The molecule has 0 heterocycles. The number of benzene rings is 1. The summed E-state index contributed by atoms with van der Waals surface area (Å²) in [6, 6.07) is 3.83. The number of aliphatic hydroxyl groups is 4. The average molecular weight is 244 g/mol. The van der Waals surface area contributed by atoms with Gasteiger partial charge in [-0.2, -0.15) is 0 Å². The van der Waals surface area contributed by atoms with Crippen LogP contribution in [0.4, 0.5) is 0 Å². The molecule has 1 rings (SSSR count). The molecule has 0 aliphatic rings. The normalized spacial score (nSPS) is 16.5. The fraction of sp³-hybridized carbons (Fsp3) is 0.455. The highest BCUT2D eigenvalue weighted by Gasteiger charge is 2.24. The minimum atomic E-state index is -1.51. The van der Waals surface area contributed by atoms with E-state index in [0.717, 1.165) is 6.07 Å². The van der Waals surface area contributed by atoms with Crippen LogP contribution in [0.1, 0.15) is 5.56 Å². The monoisotopic (exact) mass is 244 g/mol. The topological polar surface area (TPSA) is 121 Å². The highest BCUT2D eigenvalue weighted by Crippen LogP contribution is 2.24. The maximum Gasteiger partial charge on any atom is 0.122 e. The van der Waals surface area contributed by atoms with Crippen LogP contribution in [0.3, 0.4) is 0 Å². The number of hydrogen-bond donors (Lipinski definition) is 6. The Morgan fingerprint density at radius 2 is 1.65 bits per heavy atom. The van der Waals surface area contributed by atoms with Crippen LogP contribution in [0.15, 0.2) is 18.2 Å². The molecule has 6 heteroatoms. The summed E-state index contributed by atoms with van der Waals surface area (Å²) in [6.45, 7) is -0.667. The minimum absolute atomic E-state index is 0.107. The summed E-state index contributed by atoms with van der Waals surface area (Å²) >= 11 is 0. The van der Waals surface area contributed by atoms with E-state index in [1.165, 1.54) is 12.1 Å². The Morgan fingerprint density at radius 1 is 1.00 bits per heavy atom. The van der Waals surface area contributed by atoms with Crippen LogP contribution in [0.2, 0.25) is 0 Å². The van der Waals surface area contributed by atoms with Crippen LogP contribution in [0, 0.1) is 0 Å². The van der Waals surface area contributed by atoms with Crippen molar-refractivity contribution in [2.24, 2.45) is 0 Å². The molecule has 0 bridgehead atoms. The number of hydrogen-bond acceptors (Lipinski definition) is 6. The molecule has 0 unspecified atom stereocenters. The van der Waals surface area contributed by atoms with Crippen molar-refractivity contribution in [2.75, 3.05) is 6.61 Å². The molecule has 6 nitrogen and oxygen atoms in total. The molecule has 0 aliphatic heterocycles. The molecule has 0 saturated heterocycles. The summed E-state index contributed by atoms with van der Waals surface area (Å²) in [4.78, 5) is 0. The molecule has 0 spiro atoms. The Morgan fingerprint density at radius 3 is 2.18 bits per heavy atom. The quantitative estimate of drug-likeness (QED) is 0.383. The molecule has 3 atom stereocenters. The maximum atomic E-state index is 9.57. The Balaban J connectivity index is 2.70. The third kappa shape index (κ3) is 3.57. The fourth-order valence-electron chi connectivity index (χ4n) is 1.44. The van der Waals surface area contributed by atoms with E-state index in [2.05, 4.69) is 0 Å². The van der Waals surface area contributed by atoms with Crippen molar-refractivity contribution < 1.29 is 30.6 Å². The van der Waals surface area contributed by atoms with Gasteiger partial charge >= 0.3 is 0 Å². The highest BCUT2D eigenvalue weighted by atomic mass is 16.4. The van der Waals surface area contributed by atoms with E-state index in [-0.39, 0.29) is 17.9 Å². The summed E-state index contributed by atoms with van der Waals surface area (Å²) in [5.74, 6) is -0.327. The van der Waals surface area contributed by atoms with Crippen LogP contribution in [0.25, 0.3) is 0 Å². The van der Waals surface area contributed by atoms with Gasteiger partial charge in [0.05, 0.1) is 12.7 Å². The first kappa shape index (κ1) is 13.7. The standard InChI is InChI=1S/C11H16O6/c12-5-10(16)11(17)9(15)3-6-1-2-7(13)4-8(6)14/h1-2,4,9-17H,3,5H2/t9-,10-,11+/m1/s1. The zero-order chi connectivity index (χ0) is 13.0. The van der Waals surface area contributed by atoms with Crippen LogP contribution >= 0.6 is 0 Å². The van der Waals surface area contributed by atoms with Crippen molar-refractivity contribution in [1.29, 1.82) is 0 Å².